The van der Waals surface area contributed by atoms with Crippen LogP contribution in [0.15, 0.2) is 24.3 Å². The van der Waals surface area contributed by atoms with Gasteiger partial charge in [0.1, 0.15) is 11.9 Å². The second kappa shape index (κ2) is 9.88. The Bertz CT molecular complexity index is 674. The lowest BCUT2D eigenvalue weighted by atomic mass is 10.1. The molecule has 166 valence electrons. The normalized spacial score (nSPS) is 21.9. The van der Waals surface area contributed by atoms with Crippen LogP contribution in [0.2, 0.25) is 0 Å². The van der Waals surface area contributed by atoms with E-state index in [9.17, 15) is 4.79 Å². The number of likely N-dealkylation sites (tertiary alicyclic amines) is 1. The largest absolute Gasteiger partial charge is 0.490 e. The fourth-order valence-electron chi connectivity index (χ4n) is 4.55. The van der Waals surface area contributed by atoms with Gasteiger partial charge < -0.3 is 29.1 Å². The second-order valence-corrected chi connectivity index (χ2v) is 8.80. The molecule has 2 amide bonds. The summed E-state index contributed by atoms with van der Waals surface area (Å²) in [5, 5.41) is 0. The van der Waals surface area contributed by atoms with Crippen LogP contribution in [0.25, 0.3) is 0 Å². The highest BCUT2D eigenvalue weighted by Gasteiger charge is 2.26. The van der Waals surface area contributed by atoms with Crippen molar-refractivity contribution in [1.29, 1.82) is 0 Å². The summed E-state index contributed by atoms with van der Waals surface area (Å²) in [6, 6.07) is 9.26. The van der Waals surface area contributed by atoms with Gasteiger partial charge in [-0.15, -0.1) is 0 Å². The standard InChI is InChI=1S/C23H36N4O3/c1-19(2)24-9-7-22(8-10-24)30-21-5-3-20(4-6-21)25-11-13-26(14-12-25)23(28)27-15-17-29-18-16-27/h3-6,19,22H,7-18H2,1-2H3. The summed E-state index contributed by atoms with van der Waals surface area (Å²) in [4.78, 5) is 21.4. The van der Waals surface area contributed by atoms with E-state index in [1.165, 1.54) is 5.69 Å². The Morgan fingerprint density at radius 3 is 2.10 bits per heavy atom. The molecule has 0 unspecified atom stereocenters. The van der Waals surface area contributed by atoms with Crippen LogP contribution in [-0.4, -0.2) is 98.4 Å². The number of benzene rings is 1. The van der Waals surface area contributed by atoms with Gasteiger partial charge in [-0.25, -0.2) is 4.79 Å². The number of carbonyl (C=O) groups is 1. The van der Waals surface area contributed by atoms with Crippen molar-refractivity contribution in [2.24, 2.45) is 0 Å². The first kappa shape index (κ1) is 21.2. The van der Waals surface area contributed by atoms with E-state index in [4.69, 9.17) is 9.47 Å². The van der Waals surface area contributed by atoms with Crippen molar-refractivity contribution in [3.63, 3.8) is 0 Å². The van der Waals surface area contributed by atoms with E-state index in [0.717, 1.165) is 57.9 Å². The fourth-order valence-corrected chi connectivity index (χ4v) is 4.55. The van der Waals surface area contributed by atoms with Crippen LogP contribution in [0.4, 0.5) is 10.5 Å². The monoisotopic (exact) mass is 416 g/mol. The van der Waals surface area contributed by atoms with Crippen molar-refractivity contribution in [1.82, 2.24) is 14.7 Å². The molecule has 0 aromatic heterocycles. The summed E-state index contributed by atoms with van der Waals surface area (Å²) in [6.45, 7) is 12.7. The second-order valence-electron chi connectivity index (χ2n) is 8.80. The van der Waals surface area contributed by atoms with Gasteiger partial charge in [0.15, 0.2) is 0 Å². The molecule has 7 heteroatoms. The zero-order chi connectivity index (χ0) is 20.9. The Morgan fingerprint density at radius 1 is 0.900 bits per heavy atom. The minimum atomic E-state index is 0.158. The predicted octanol–water partition coefficient (Wildman–Crippen LogP) is 2.51. The van der Waals surface area contributed by atoms with Crippen LogP contribution >= 0.6 is 0 Å². The highest BCUT2D eigenvalue weighted by molar-refractivity contribution is 5.75. The molecule has 0 bridgehead atoms. The zero-order valence-electron chi connectivity index (χ0n) is 18.5. The molecule has 1 aromatic rings. The number of piperazine rings is 1. The number of amides is 2. The molecule has 7 nitrogen and oxygen atoms in total. The van der Waals surface area contributed by atoms with Crippen LogP contribution in [0, 0.1) is 0 Å². The Labute approximate surface area is 180 Å². The molecule has 3 fully saturated rings. The molecule has 30 heavy (non-hydrogen) atoms. The van der Waals surface area contributed by atoms with E-state index in [1.807, 2.05) is 9.80 Å². The number of nitrogens with zero attached hydrogens (tertiary/aromatic N) is 4. The lowest BCUT2D eigenvalue weighted by Gasteiger charge is -2.39. The maximum Gasteiger partial charge on any atom is 0.320 e. The van der Waals surface area contributed by atoms with Crippen LogP contribution in [0.5, 0.6) is 5.75 Å². The number of piperidine rings is 1. The van der Waals surface area contributed by atoms with Gasteiger partial charge >= 0.3 is 6.03 Å². The van der Waals surface area contributed by atoms with Gasteiger partial charge in [0.05, 0.1) is 13.2 Å². The number of ether oxygens (including phenoxy) is 2. The van der Waals surface area contributed by atoms with E-state index in [2.05, 4.69) is 47.9 Å². The first-order chi connectivity index (χ1) is 14.6. The van der Waals surface area contributed by atoms with Gasteiger partial charge in [0.25, 0.3) is 0 Å². The maximum atomic E-state index is 12.6. The summed E-state index contributed by atoms with van der Waals surface area (Å²) in [5.74, 6) is 0.961. The SMILES string of the molecule is CC(C)N1CCC(Oc2ccc(N3CCN(C(=O)N4CCOCC4)CC3)cc2)CC1. The highest BCUT2D eigenvalue weighted by atomic mass is 16.5. The summed E-state index contributed by atoms with van der Waals surface area (Å²) >= 11 is 0. The highest BCUT2D eigenvalue weighted by Crippen LogP contribution is 2.24. The average Bonchev–Trinajstić information content (AvgIpc) is 2.80. The minimum Gasteiger partial charge on any atom is -0.490 e. The molecule has 3 aliphatic rings. The lowest BCUT2D eigenvalue weighted by molar-refractivity contribution is 0.0428. The fraction of sp³-hybridized carbons (Fsp3) is 0.696. The van der Waals surface area contributed by atoms with Crippen LogP contribution < -0.4 is 9.64 Å². The zero-order valence-corrected chi connectivity index (χ0v) is 18.5. The van der Waals surface area contributed by atoms with Crippen molar-refractivity contribution >= 4 is 11.7 Å². The van der Waals surface area contributed by atoms with Gasteiger partial charge in [-0.2, -0.15) is 0 Å². The third-order valence-electron chi connectivity index (χ3n) is 6.54. The predicted molar refractivity (Wildman–Crippen MR) is 118 cm³/mol. The summed E-state index contributed by atoms with van der Waals surface area (Å²) < 4.78 is 11.6. The maximum absolute atomic E-state index is 12.6. The molecular formula is C23H36N4O3. The van der Waals surface area contributed by atoms with E-state index in [1.54, 1.807) is 0 Å². The Morgan fingerprint density at radius 2 is 1.50 bits per heavy atom. The van der Waals surface area contributed by atoms with Crippen molar-refractivity contribution in [3.05, 3.63) is 24.3 Å². The van der Waals surface area contributed by atoms with Crippen LogP contribution in [-0.2, 0) is 4.74 Å². The van der Waals surface area contributed by atoms with Gasteiger partial charge in [0, 0.05) is 64.1 Å². The van der Waals surface area contributed by atoms with Crippen LogP contribution in [0.1, 0.15) is 26.7 Å². The van der Waals surface area contributed by atoms with E-state index in [-0.39, 0.29) is 6.03 Å². The third-order valence-corrected chi connectivity index (χ3v) is 6.54. The summed E-state index contributed by atoms with van der Waals surface area (Å²) in [5.41, 5.74) is 1.20. The number of urea groups is 1. The molecule has 3 aliphatic heterocycles. The topological polar surface area (TPSA) is 48.5 Å². The van der Waals surface area contributed by atoms with E-state index < -0.39 is 0 Å². The van der Waals surface area contributed by atoms with Crippen molar-refractivity contribution in [2.45, 2.75) is 38.8 Å². The molecule has 0 aliphatic carbocycles. The van der Waals surface area contributed by atoms with Gasteiger partial charge in [-0.05, 0) is 51.0 Å². The van der Waals surface area contributed by atoms with E-state index >= 15 is 0 Å². The Kier molecular flexibility index (Phi) is 7.00. The van der Waals surface area contributed by atoms with Crippen molar-refractivity contribution < 1.29 is 14.3 Å². The van der Waals surface area contributed by atoms with Crippen molar-refractivity contribution in [2.75, 3.05) is 70.5 Å². The molecule has 0 atom stereocenters. The summed E-state index contributed by atoms with van der Waals surface area (Å²) in [7, 11) is 0. The molecule has 0 saturated carbocycles. The molecule has 4 rings (SSSR count). The summed E-state index contributed by atoms with van der Waals surface area (Å²) in [6.07, 6.45) is 2.51. The van der Waals surface area contributed by atoms with Crippen molar-refractivity contribution in [3.8, 4) is 5.75 Å². The number of anilines is 1. The van der Waals surface area contributed by atoms with Crippen LogP contribution in [0.3, 0.4) is 0 Å². The Hall–Kier alpha value is -1.99. The first-order valence-electron chi connectivity index (χ1n) is 11.5. The van der Waals surface area contributed by atoms with Gasteiger partial charge in [0.2, 0.25) is 0 Å². The van der Waals surface area contributed by atoms with Gasteiger partial charge in [-0.1, -0.05) is 0 Å². The Balaban J connectivity index is 1.23. The smallest absolute Gasteiger partial charge is 0.320 e. The van der Waals surface area contributed by atoms with E-state index in [0.29, 0.717) is 38.4 Å². The molecule has 0 N–H and O–H groups in total. The number of hydrogen-bond donors (Lipinski definition) is 0. The first-order valence-corrected chi connectivity index (χ1v) is 11.5. The number of carbonyl (C=O) groups excluding carboxylic acids is 1. The molecular weight excluding hydrogens is 380 g/mol. The molecule has 3 heterocycles. The number of morpholine rings is 1. The molecule has 0 radical (unpaired) electrons. The number of rotatable bonds is 4. The lowest BCUT2D eigenvalue weighted by Crippen LogP contribution is -2.54. The molecule has 1 aromatic carbocycles. The minimum absolute atomic E-state index is 0.158. The average molecular weight is 417 g/mol. The molecule has 3 saturated heterocycles. The van der Waals surface area contributed by atoms with Gasteiger partial charge in [-0.3, -0.25) is 0 Å². The quantitative estimate of drug-likeness (QED) is 0.755. The third kappa shape index (κ3) is 5.19. The number of hydrogen-bond acceptors (Lipinski definition) is 5. The molecule has 0 spiro atoms.